The summed E-state index contributed by atoms with van der Waals surface area (Å²) >= 11 is 0. The van der Waals surface area contributed by atoms with E-state index < -0.39 is 16.1 Å². The highest BCUT2D eigenvalue weighted by atomic mass is 32.2. The van der Waals surface area contributed by atoms with Crippen LogP contribution in [0.3, 0.4) is 0 Å². The first-order chi connectivity index (χ1) is 15.0. The fourth-order valence-corrected chi connectivity index (χ4v) is 5.51. The number of ether oxygens (including phenoxy) is 1. The van der Waals surface area contributed by atoms with Gasteiger partial charge in [-0.15, -0.1) is 0 Å². The minimum absolute atomic E-state index is 0.258. The second-order valence-electron chi connectivity index (χ2n) is 8.13. The second-order valence-corrected chi connectivity index (χ2v) is 9.85. The number of rotatable bonds is 7. The van der Waals surface area contributed by atoms with Crippen molar-refractivity contribution in [3.63, 3.8) is 0 Å². The summed E-state index contributed by atoms with van der Waals surface area (Å²) in [6.45, 7) is 0. The number of nitrogens with one attached hydrogen (secondary N) is 1. The van der Waals surface area contributed by atoms with Gasteiger partial charge in [0.1, 0.15) is 17.6 Å². The molecule has 0 bridgehead atoms. The van der Waals surface area contributed by atoms with E-state index in [0.717, 1.165) is 5.56 Å². The first-order valence-electron chi connectivity index (χ1n) is 10.7. The van der Waals surface area contributed by atoms with Crippen molar-refractivity contribution in [3.8, 4) is 5.75 Å². The highest BCUT2D eigenvalue weighted by Crippen LogP contribution is 2.33. The van der Waals surface area contributed by atoms with E-state index in [9.17, 15) is 8.42 Å². The summed E-state index contributed by atoms with van der Waals surface area (Å²) in [6, 6.07) is 14.1. The van der Waals surface area contributed by atoms with E-state index >= 15 is 0 Å². The standard InChI is InChI=1S/C24H29N3O3S/c1-27-16-15-25-24(27)23(20-9-6-10-21(17-20)30-2)26-31(28,29)22-13-11-19(12-14-22)18-7-4-3-5-8-18/h6,9-18,23,26H,3-5,7-8H2,1-2H3. The van der Waals surface area contributed by atoms with Crippen molar-refractivity contribution >= 4 is 10.0 Å². The number of methoxy groups -OCH3 is 1. The van der Waals surface area contributed by atoms with Gasteiger partial charge < -0.3 is 9.30 Å². The molecule has 31 heavy (non-hydrogen) atoms. The van der Waals surface area contributed by atoms with Crippen molar-refractivity contribution in [1.82, 2.24) is 14.3 Å². The van der Waals surface area contributed by atoms with E-state index in [-0.39, 0.29) is 4.90 Å². The summed E-state index contributed by atoms with van der Waals surface area (Å²) in [5.41, 5.74) is 1.99. The summed E-state index contributed by atoms with van der Waals surface area (Å²) < 4.78 is 36.6. The quantitative estimate of drug-likeness (QED) is 0.586. The van der Waals surface area contributed by atoms with Crippen LogP contribution in [0.2, 0.25) is 0 Å². The first kappa shape index (κ1) is 21.6. The van der Waals surface area contributed by atoms with Gasteiger partial charge in [0.2, 0.25) is 10.0 Å². The molecule has 1 saturated carbocycles. The number of aryl methyl sites for hydroxylation is 1. The Morgan fingerprint density at radius 1 is 1.10 bits per heavy atom. The highest BCUT2D eigenvalue weighted by molar-refractivity contribution is 7.89. The lowest BCUT2D eigenvalue weighted by atomic mass is 9.84. The van der Waals surface area contributed by atoms with Crippen LogP contribution in [0, 0.1) is 0 Å². The summed E-state index contributed by atoms with van der Waals surface area (Å²) in [4.78, 5) is 4.65. The summed E-state index contributed by atoms with van der Waals surface area (Å²) in [7, 11) is -0.321. The van der Waals surface area contributed by atoms with Crippen LogP contribution in [0.15, 0.2) is 65.8 Å². The van der Waals surface area contributed by atoms with Crippen LogP contribution in [-0.4, -0.2) is 25.1 Å². The van der Waals surface area contributed by atoms with Crippen LogP contribution in [0.1, 0.15) is 61.0 Å². The molecular weight excluding hydrogens is 410 g/mol. The number of nitrogens with zero attached hydrogens (tertiary/aromatic N) is 2. The maximum atomic E-state index is 13.3. The molecule has 164 valence electrons. The van der Waals surface area contributed by atoms with E-state index in [0.29, 0.717) is 17.5 Å². The molecule has 7 heteroatoms. The molecule has 1 aliphatic carbocycles. The van der Waals surface area contributed by atoms with Gasteiger partial charge in [-0.3, -0.25) is 0 Å². The van der Waals surface area contributed by atoms with E-state index in [1.165, 1.54) is 37.7 Å². The smallest absolute Gasteiger partial charge is 0.241 e. The average Bonchev–Trinajstić information content (AvgIpc) is 3.24. The topological polar surface area (TPSA) is 73.2 Å². The second kappa shape index (κ2) is 9.24. The number of sulfonamides is 1. The Balaban J connectivity index is 1.63. The molecular formula is C24H29N3O3S. The maximum absolute atomic E-state index is 13.3. The zero-order valence-corrected chi connectivity index (χ0v) is 18.8. The fourth-order valence-electron chi connectivity index (χ4n) is 4.32. The van der Waals surface area contributed by atoms with Crippen LogP contribution in [0.5, 0.6) is 5.75 Å². The molecule has 1 aliphatic rings. The third kappa shape index (κ3) is 4.83. The van der Waals surface area contributed by atoms with Gasteiger partial charge in [0.25, 0.3) is 0 Å². The summed E-state index contributed by atoms with van der Waals surface area (Å²) in [5, 5.41) is 0. The lowest BCUT2D eigenvalue weighted by Gasteiger charge is -2.22. The van der Waals surface area contributed by atoms with Gasteiger partial charge in [-0.05, 0) is 54.2 Å². The molecule has 6 nitrogen and oxygen atoms in total. The van der Waals surface area contributed by atoms with Crippen molar-refractivity contribution in [2.75, 3.05) is 7.11 Å². The minimum Gasteiger partial charge on any atom is -0.497 e. The molecule has 1 atom stereocenters. The Morgan fingerprint density at radius 3 is 2.48 bits per heavy atom. The molecule has 1 N–H and O–H groups in total. The lowest BCUT2D eigenvalue weighted by molar-refractivity contribution is 0.413. The van der Waals surface area contributed by atoms with E-state index in [1.807, 2.05) is 48.0 Å². The van der Waals surface area contributed by atoms with Crippen molar-refractivity contribution < 1.29 is 13.2 Å². The predicted molar refractivity (Wildman–Crippen MR) is 121 cm³/mol. The third-order valence-corrected chi connectivity index (χ3v) is 7.52. The van der Waals surface area contributed by atoms with Gasteiger partial charge in [0.05, 0.1) is 12.0 Å². The Kier molecular flexibility index (Phi) is 6.43. The van der Waals surface area contributed by atoms with Crippen molar-refractivity contribution in [2.45, 2.75) is 49.0 Å². The zero-order chi connectivity index (χ0) is 21.8. The molecule has 4 rings (SSSR count). The molecule has 1 fully saturated rings. The van der Waals surface area contributed by atoms with Crippen LogP contribution in [0.4, 0.5) is 0 Å². The van der Waals surface area contributed by atoms with Crippen molar-refractivity contribution in [1.29, 1.82) is 0 Å². The Hall–Kier alpha value is -2.64. The Morgan fingerprint density at radius 2 is 1.84 bits per heavy atom. The molecule has 1 aromatic heterocycles. The van der Waals surface area contributed by atoms with E-state index in [4.69, 9.17) is 4.74 Å². The summed E-state index contributed by atoms with van der Waals surface area (Å²) in [5.74, 6) is 1.80. The molecule has 0 amide bonds. The largest absolute Gasteiger partial charge is 0.497 e. The van der Waals surface area contributed by atoms with Crippen molar-refractivity contribution in [3.05, 3.63) is 77.9 Å². The SMILES string of the molecule is COc1cccc(C(NS(=O)(=O)c2ccc(C3CCCCC3)cc2)c2nccn2C)c1. The van der Waals surface area contributed by atoms with Gasteiger partial charge in [-0.1, -0.05) is 43.5 Å². The van der Waals surface area contributed by atoms with Crippen molar-refractivity contribution in [2.24, 2.45) is 7.05 Å². The van der Waals surface area contributed by atoms with Gasteiger partial charge >= 0.3 is 0 Å². The van der Waals surface area contributed by atoms with E-state index in [1.54, 1.807) is 31.6 Å². The lowest BCUT2D eigenvalue weighted by Crippen LogP contribution is -2.31. The van der Waals surface area contributed by atoms with E-state index in [2.05, 4.69) is 9.71 Å². The normalized spacial score (nSPS) is 16.2. The average molecular weight is 440 g/mol. The highest BCUT2D eigenvalue weighted by Gasteiger charge is 2.26. The van der Waals surface area contributed by atoms with Crippen LogP contribution >= 0.6 is 0 Å². The van der Waals surface area contributed by atoms with Crippen LogP contribution in [-0.2, 0) is 17.1 Å². The fraction of sp³-hybridized carbons (Fsp3) is 0.375. The molecule has 0 saturated heterocycles. The van der Waals surface area contributed by atoms with Gasteiger partial charge in [0.15, 0.2) is 0 Å². The van der Waals surface area contributed by atoms with Gasteiger partial charge in [-0.25, -0.2) is 13.4 Å². The number of aromatic nitrogens is 2. The Labute approximate surface area is 184 Å². The molecule has 0 radical (unpaired) electrons. The minimum atomic E-state index is -3.76. The Bertz CT molecular complexity index is 1120. The van der Waals surface area contributed by atoms with Gasteiger partial charge in [-0.2, -0.15) is 4.72 Å². The molecule has 2 aromatic carbocycles. The molecule has 1 heterocycles. The zero-order valence-electron chi connectivity index (χ0n) is 18.0. The first-order valence-corrected chi connectivity index (χ1v) is 12.2. The molecule has 0 aliphatic heterocycles. The van der Waals surface area contributed by atoms with Gasteiger partial charge in [0, 0.05) is 19.4 Å². The molecule has 0 spiro atoms. The number of hydrogen-bond acceptors (Lipinski definition) is 4. The number of imidazole rings is 1. The predicted octanol–water partition coefficient (Wildman–Crippen LogP) is 4.54. The molecule has 3 aromatic rings. The number of hydrogen-bond donors (Lipinski definition) is 1. The number of benzene rings is 2. The third-order valence-electron chi connectivity index (χ3n) is 6.08. The maximum Gasteiger partial charge on any atom is 0.241 e. The van der Waals surface area contributed by atoms with Crippen LogP contribution in [0.25, 0.3) is 0 Å². The molecule has 1 unspecified atom stereocenters. The monoisotopic (exact) mass is 439 g/mol. The summed E-state index contributed by atoms with van der Waals surface area (Å²) in [6.07, 6.45) is 9.62. The van der Waals surface area contributed by atoms with Crippen LogP contribution < -0.4 is 9.46 Å².